The maximum Gasteiger partial charge on any atom is 0.185 e. The molecule has 0 aliphatic heterocycles. The van der Waals surface area contributed by atoms with Crippen molar-refractivity contribution in [2.45, 2.75) is 12.4 Å². The Kier molecular flexibility index (Phi) is 6.29. The molecule has 1 aromatic rings. The molecule has 1 unspecified atom stereocenters. The zero-order chi connectivity index (χ0) is 12.7. The number of benzene rings is 1. The van der Waals surface area contributed by atoms with Crippen LogP contribution < -0.4 is 5.32 Å². The molecule has 17 heavy (non-hydrogen) atoms. The van der Waals surface area contributed by atoms with Gasteiger partial charge in [-0.05, 0) is 6.07 Å². The molecule has 4 nitrogen and oxygen atoms in total. The number of nitrogens with one attached hydrogen (secondary N) is 1. The standard InChI is InChI=1S/C12H18ClNO3/c1-16-12(17-2)10-5-3-4-6-11(10)14-8-9(15)7-13/h3-6,9,12,14-15H,7-8H2,1-2H3. The number of aliphatic hydroxyl groups is 1. The normalized spacial score (nSPS) is 12.8. The third-order valence-electron chi connectivity index (χ3n) is 2.35. The molecule has 2 N–H and O–H groups in total. The van der Waals surface area contributed by atoms with E-state index in [1.165, 1.54) is 0 Å². The van der Waals surface area contributed by atoms with Crippen molar-refractivity contribution in [2.75, 3.05) is 32.0 Å². The first-order valence-corrected chi connectivity index (χ1v) is 5.88. The van der Waals surface area contributed by atoms with E-state index in [1.54, 1.807) is 14.2 Å². The number of anilines is 1. The molecule has 0 aliphatic carbocycles. The predicted molar refractivity (Wildman–Crippen MR) is 68.4 cm³/mol. The molecule has 1 atom stereocenters. The summed E-state index contributed by atoms with van der Waals surface area (Å²) >= 11 is 5.54. The summed E-state index contributed by atoms with van der Waals surface area (Å²) in [5, 5.41) is 12.5. The van der Waals surface area contributed by atoms with E-state index in [9.17, 15) is 5.11 Å². The van der Waals surface area contributed by atoms with Crippen molar-refractivity contribution in [3.63, 3.8) is 0 Å². The van der Waals surface area contributed by atoms with Crippen LogP contribution in [0.3, 0.4) is 0 Å². The third kappa shape index (κ3) is 4.16. The van der Waals surface area contributed by atoms with Crippen LogP contribution in [0, 0.1) is 0 Å². The lowest BCUT2D eigenvalue weighted by Gasteiger charge is -2.19. The number of methoxy groups -OCH3 is 2. The number of halogens is 1. The lowest BCUT2D eigenvalue weighted by atomic mass is 10.1. The average Bonchev–Trinajstić information content (AvgIpc) is 2.38. The highest BCUT2D eigenvalue weighted by Gasteiger charge is 2.13. The zero-order valence-corrected chi connectivity index (χ0v) is 10.8. The molecule has 0 heterocycles. The SMILES string of the molecule is COC(OC)c1ccccc1NCC(O)CCl. The Bertz CT molecular complexity index is 331. The number of aliphatic hydroxyl groups excluding tert-OH is 1. The summed E-state index contributed by atoms with van der Waals surface area (Å²) in [6.45, 7) is 0.390. The minimum absolute atomic E-state index is 0.202. The second kappa shape index (κ2) is 7.50. The fourth-order valence-corrected chi connectivity index (χ4v) is 1.61. The Morgan fingerprint density at radius 1 is 1.29 bits per heavy atom. The second-order valence-electron chi connectivity index (χ2n) is 3.58. The van der Waals surface area contributed by atoms with E-state index in [-0.39, 0.29) is 5.88 Å². The molecule has 1 aromatic carbocycles. The molecular formula is C12H18ClNO3. The summed E-state index contributed by atoms with van der Waals surface area (Å²) in [6.07, 6.45) is -1.000. The van der Waals surface area contributed by atoms with Crippen LogP contribution in [0.2, 0.25) is 0 Å². The van der Waals surface area contributed by atoms with Crippen LogP contribution in [0.5, 0.6) is 0 Å². The van der Waals surface area contributed by atoms with E-state index in [2.05, 4.69) is 5.32 Å². The number of rotatable bonds is 7. The summed E-state index contributed by atoms with van der Waals surface area (Å²) < 4.78 is 10.4. The Balaban J connectivity index is 2.76. The van der Waals surface area contributed by atoms with E-state index in [0.717, 1.165) is 11.3 Å². The Labute approximate surface area is 106 Å². The second-order valence-corrected chi connectivity index (χ2v) is 3.89. The van der Waals surface area contributed by atoms with Gasteiger partial charge in [0.1, 0.15) is 0 Å². The first-order valence-electron chi connectivity index (χ1n) is 5.35. The average molecular weight is 260 g/mol. The van der Waals surface area contributed by atoms with Gasteiger partial charge in [0.05, 0.1) is 12.0 Å². The van der Waals surface area contributed by atoms with Crippen molar-refractivity contribution in [3.8, 4) is 0 Å². The van der Waals surface area contributed by atoms with E-state index in [4.69, 9.17) is 21.1 Å². The lowest BCUT2D eigenvalue weighted by Crippen LogP contribution is -2.21. The molecule has 0 fully saturated rings. The van der Waals surface area contributed by atoms with E-state index < -0.39 is 12.4 Å². The van der Waals surface area contributed by atoms with Gasteiger partial charge in [-0.15, -0.1) is 11.6 Å². The molecule has 0 bridgehead atoms. The first kappa shape index (κ1) is 14.3. The van der Waals surface area contributed by atoms with Crippen LogP contribution in [0.1, 0.15) is 11.9 Å². The smallest absolute Gasteiger partial charge is 0.185 e. The zero-order valence-electron chi connectivity index (χ0n) is 10.0. The number of hydrogen-bond acceptors (Lipinski definition) is 4. The van der Waals surface area contributed by atoms with E-state index >= 15 is 0 Å². The molecule has 0 amide bonds. The van der Waals surface area contributed by atoms with Crippen LogP contribution in [0.4, 0.5) is 5.69 Å². The molecule has 1 rings (SSSR count). The van der Waals surface area contributed by atoms with Crippen LogP contribution in [0.15, 0.2) is 24.3 Å². The Hall–Kier alpha value is -0.810. The molecule has 0 aromatic heterocycles. The van der Waals surface area contributed by atoms with Crippen LogP contribution in [-0.4, -0.2) is 37.9 Å². The van der Waals surface area contributed by atoms with E-state index in [0.29, 0.717) is 6.54 Å². The van der Waals surface area contributed by atoms with Crippen molar-refractivity contribution in [1.82, 2.24) is 0 Å². The molecule has 0 radical (unpaired) electrons. The number of para-hydroxylation sites is 1. The van der Waals surface area contributed by atoms with Gasteiger partial charge in [0, 0.05) is 32.0 Å². The Morgan fingerprint density at radius 2 is 1.94 bits per heavy atom. The molecular weight excluding hydrogens is 242 g/mol. The van der Waals surface area contributed by atoms with Crippen molar-refractivity contribution in [1.29, 1.82) is 0 Å². The molecule has 5 heteroatoms. The van der Waals surface area contributed by atoms with Crippen molar-refractivity contribution < 1.29 is 14.6 Å². The van der Waals surface area contributed by atoms with Crippen molar-refractivity contribution >= 4 is 17.3 Å². The highest BCUT2D eigenvalue weighted by molar-refractivity contribution is 6.18. The molecule has 0 spiro atoms. The van der Waals surface area contributed by atoms with Gasteiger partial charge in [0.15, 0.2) is 6.29 Å². The highest BCUT2D eigenvalue weighted by Crippen LogP contribution is 2.25. The van der Waals surface area contributed by atoms with Gasteiger partial charge in [-0.2, -0.15) is 0 Å². The van der Waals surface area contributed by atoms with Gasteiger partial charge >= 0.3 is 0 Å². The first-order chi connectivity index (χ1) is 8.22. The van der Waals surface area contributed by atoms with Gasteiger partial charge in [-0.3, -0.25) is 0 Å². The quantitative estimate of drug-likeness (QED) is 0.581. The fourth-order valence-electron chi connectivity index (χ4n) is 1.50. The predicted octanol–water partition coefficient (Wildman–Crippen LogP) is 1.99. The highest BCUT2D eigenvalue weighted by atomic mass is 35.5. The van der Waals surface area contributed by atoms with Gasteiger partial charge in [-0.25, -0.2) is 0 Å². The van der Waals surface area contributed by atoms with Crippen LogP contribution in [0.25, 0.3) is 0 Å². The summed E-state index contributed by atoms with van der Waals surface area (Å²) in [7, 11) is 3.16. The summed E-state index contributed by atoms with van der Waals surface area (Å²) in [5.74, 6) is 0.202. The van der Waals surface area contributed by atoms with Gasteiger partial charge in [0.25, 0.3) is 0 Å². The number of ether oxygens (including phenoxy) is 2. The summed E-state index contributed by atoms with van der Waals surface area (Å²) in [4.78, 5) is 0. The third-order valence-corrected chi connectivity index (χ3v) is 2.71. The molecule has 0 saturated carbocycles. The minimum Gasteiger partial charge on any atom is -0.390 e. The maximum absolute atomic E-state index is 9.41. The lowest BCUT2D eigenvalue weighted by molar-refractivity contribution is -0.105. The fraction of sp³-hybridized carbons (Fsp3) is 0.500. The molecule has 96 valence electrons. The largest absolute Gasteiger partial charge is 0.390 e. The minimum atomic E-state index is -0.576. The van der Waals surface area contributed by atoms with E-state index in [1.807, 2.05) is 24.3 Å². The number of hydrogen-bond donors (Lipinski definition) is 2. The Morgan fingerprint density at radius 3 is 2.53 bits per heavy atom. The van der Waals surface area contributed by atoms with Gasteiger partial charge in [-0.1, -0.05) is 18.2 Å². The monoisotopic (exact) mass is 259 g/mol. The van der Waals surface area contributed by atoms with Crippen LogP contribution in [-0.2, 0) is 9.47 Å². The van der Waals surface area contributed by atoms with Crippen LogP contribution >= 0.6 is 11.6 Å². The molecule has 0 saturated heterocycles. The molecule has 0 aliphatic rings. The van der Waals surface area contributed by atoms with Gasteiger partial charge < -0.3 is 19.9 Å². The number of alkyl halides is 1. The maximum atomic E-state index is 9.41. The summed E-state index contributed by atoms with van der Waals surface area (Å²) in [5.41, 5.74) is 1.75. The van der Waals surface area contributed by atoms with Crippen molar-refractivity contribution in [2.24, 2.45) is 0 Å². The van der Waals surface area contributed by atoms with Gasteiger partial charge in [0.2, 0.25) is 0 Å². The van der Waals surface area contributed by atoms with Crippen molar-refractivity contribution in [3.05, 3.63) is 29.8 Å². The summed E-state index contributed by atoms with van der Waals surface area (Å²) in [6, 6.07) is 7.62. The topological polar surface area (TPSA) is 50.7 Å².